The minimum atomic E-state index is -0.588. The van der Waals surface area contributed by atoms with Gasteiger partial charge in [0.2, 0.25) is 0 Å². The Morgan fingerprint density at radius 3 is 2.84 bits per heavy atom. The molecular weight excluding hydrogens is 330 g/mol. The monoisotopic (exact) mass is 349 g/mol. The molecule has 2 atom stereocenters. The fourth-order valence-electron chi connectivity index (χ4n) is 2.78. The Kier molecular flexibility index (Phi) is 4.39. The van der Waals surface area contributed by atoms with Gasteiger partial charge in [0.1, 0.15) is 11.9 Å². The van der Waals surface area contributed by atoms with Crippen LogP contribution in [0.3, 0.4) is 0 Å². The molecule has 1 saturated heterocycles. The summed E-state index contributed by atoms with van der Waals surface area (Å²) in [4.78, 5) is 38.1. The van der Waals surface area contributed by atoms with E-state index in [1.807, 2.05) is 0 Å². The summed E-state index contributed by atoms with van der Waals surface area (Å²) < 4.78 is 15.4. The number of nitrogens with one attached hydrogen (secondary N) is 1. The van der Waals surface area contributed by atoms with Crippen LogP contribution in [-0.4, -0.2) is 57.5 Å². The molecule has 0 radical (unpaired) electrons. The van der Waals surface area contributed by atoms with Crippen LogP contribution in [0, 0.1) is 0 Å². The van der Waals surface area contributed by atoms with Crippen LogP contribution >= 0.6 is 0 Å². The summed E-state index contributed by atoms with van der Waals surface area (Å²) in [5.41, 5.74) is 1.24. The topological polar surface area (TPSA) is 97.4 Å². The SMILES string of the molecule is COC(=O)NC[C@H]1CN(c2ccc3c(c2)OC(C)C(=O)N3C)C(=O)O1. The Bertz CT molecular complexity index is 722. The zero-order valence-electron chi connectivity index (χ0n) is 14.1. The number of benzene rings is 1. The summed E-state index contributed by atoms with van der Waals surface area (Å²) in [7, 11) is 2.94. The van der Waals surface area contributed by atoms with Crippen LogP contribution in [0.1, 0.15) is 6.92 Å². The van der Waals surface area contributed by atoms with Crippen molar-refractivity contribution in [1.82, 2.24) is 5.32 Å². The highest BCUT2D eigenvalue weighted by atomic mass is 16.6. The average Bonchev–Trinajstić information content (AvgIpc) is 2.98. The molecule has 0 aliphatic carbocycles. The normalized spacial score (nSPS) is 22.2. The molecule has 3 rings (SSSR count). The predicted molar refractivity (Wildman–Crippen MR) is 88.0 cm³/mol. The maximum atomic E-state index is 12.1. The first-order chi connectivity index (χ1) is 11.9. The van der Waals surface area contributed by atoms with Gasteiger partial charge < -0.3 is 24.4 Å². The number of ether oxygens (including phenoxy) is 3. The highest BCUT2D eigenvalue weighted by Crippen LogP contribution is 2.37. The first-order valence-electron chi connectivity index (χ1n) is 7.79. The molecule has 25 heavy (non-hydrogen) atoms. The minimum Gasteiger partial charge on any atom is -0.479 e. The van der Waals surface area contributed by atoms with Gasteiger partial charge in [0, 0.05) is 13.1 Å². The van der Waals surface area contributed by atoms with E-state index in [4.69, 9.17) is 9.47 Å². The summed E-state index contributed by atoms with van der Waals surface area (Å²) >= 11 is 0. The van der Waals surface area contributed by atoms with Gasteiger partial charge in [0.15, 0.2) is 6.10 Å². The number of hydrogen-bond donors (Lipinski definition) is 1. The first-order valence-corrected chi connectivity index (χ1v) is 7.79. The smallest absolute Gasteiger partial charge is 0.414 e. The van der Waals surface area contributed by atoms with Crippen LogP contribution in [0.25, 0.3) is 0 Å². The number of hydrogen-bond acceptors (Lipinski definition) is 6. The van der Waals surface area contributed by atoms with Gasteiger partial charge in [-0.25, -0.2) is 9.59 Å². The van der Waals surface area contributed by atoms with Crippen molar-refractivity contribution in [2.45, 2.75) is 19.1 Å². The average molecular weight is 349 g/mol. The summed E-state index contributed by atoms with van der Waals surface area (Å²) in [6, 6.07) is 5.15. The van der Waals surface area contributed by atoms with E-state index in [9.17, 15) is 14.4 Å². The molecular formula is C16H19N3O6. The second-order valence-electron chi connectivity index (χ2n) is 5.80. The molecule has 9 heteroatoms. The number of alkyl carbamates (subject to hydrolysis) is 1. The molecule has 0 spiro atoms. The van der Waals surface area contributed by atoms with Gasteiger partial charge in [0.25, 0.3) is 5.91 Å². The molecule has 1 fully saturated rings. The predicted octanol–water partition coefficient (Wildman–Crippen LogP) is 1.11. The van der Waals surface area contributed by atoms with Crippen molar-refractivity contribution in [3.8, 4) is 5.75 Å². The van der Waals surface area contributed by atoms with Gasteiger partial charge in [-0.1, -0.05) is 0 Å². The van der Waals surface area contributed by atoms with Crippen LogP contribution in [0.2, 0.25) is 0 Å². The van der Waals surface area contributed by atoms with E-state index in [1.165, 1.54) is 16.9 Å². The van der Waals surface area contributed by atoms with E-state index in [0.717, 1.165) is 0 Å². The lowest BCUT2D eigenvalue weighted by Gasteiger charge is -2.31. The Hall–Kier alpha value is -2.97. The van der Waals surface area contributed by atoms with Gasteiger partial charge >= 0.3 is 12.2 Å². The molecule has 9 nitrogen and oxygen atoms in total. The van der Waals surface area contributed by atoms with Crippen LogP contribution in [0.5, 0.6) is 5.75 Å². The molecule has 134 valence electrons. The van der Waals surface area contributed by atoms with Gasteiger partial charge in [0.05, 0.1) is 31.6 Å². The van der Waals surface area contributed by atoms with Crippen LogP contribution in [0.4, 0.5) is 21.0 Å². The van der Waals surface area contributed by atoms with Crippen molar-refractivity contribution in [3.05, 3.63) is 18.2 Å². The lowest BCUT2D eigenvalue weighted by molar-refractivity contribution is -0.125. The van der Waals surface area contributed by atoms with Crippen molar-refractivity contribution in [1.29, 1.82) is 0 Å². The lowest BCUT2D eigenvalue weighted by Crippen LogP contribution is -2.42. The number of carbonyl (C=O) groups is 3. The van der Waals surface area contributed by atoms with E-state index in [2.05, 4.69) is 10.1 Å². The molecule has 0 saturated carbocycles. The van der Waals surface area contributed by atoms with E-state index >= 15 is 0 Å². The number of fused-ring (bicyclic) bond motifs is 1. The lowest BCUT2D eigenvalue weighted by atomic mass is 10.1. The number of carbonyl (C=O) groups excluding carboxylic acids is 3. The number of nitrogens with zero attached hydrogens (tertiary/aromatic N) is 2. The Labute approximate surface area is 144 Å². The van der Waals surface area contributed by atoms with E-state index < -0.39 is 24.4 Å². The number of cyclic esters (lactones) is 1. The molecule has 1 aromatic rings. The third-order valence-electron chi connectivity index (χ3n) is 4.13. The van der Waals surface area contributed by atoms with Gasteiger partial charge in [-0.3, -0.25) is 9.69 Å². The first kappa shape index (κ1) is 16.9. The van der Waals surface area contributed by atoms with E-state index in [-0.39, 0.29) is 19.0 Å². The second kappa shape index (κ2) is 6.50. The number of amides is 3. The van der Waals surface area contributed by atoms with Crippen LogP contribution in [-0.2, 0) is 14.3 Å². The Morgan fingerprint density at radius 2 is 2.12 bits per heavy atom. The van der Waals surface area contributed by atoms with E-state index in [0.29, 0.717) is 17.1 Å². The van der Waals surface area contributed by atoms with Crippen LogP contribution in [0.15, 0.2) is 18.2 Å². The standard InChI is InChI=1S/C16H19N3O6/c1-9-14(20)18(2)12-5-4-10(6-13(12)24-9)19-8-11(25-16(19)22)7-17-15(21)23-3/h4-6,9,11H,7-8H2,1-3H3,(H,17,21)/t9?,11-/m0/s1. The summed E-state index contributed by atoms with van der Waals surface area (Å²) in [6.07, 6.45) is -2.16. The van der Waals surface area contributed by atoms with Gasteiger partial charge in [-0.05, 0) is 19.1 Å². The Morgan fingerprint density at radius 1 is 1.36 bits per heavy atom. The van der Waals surface area contributed by atoms with Crippen LogP contribution < -0.4 is 19.9 Å². The van der Waals surface area contributed by atoms with E-state index in [1.54, 1.807) is 32.2 Å². The number of rotatable bonds is 3. The summed E-state index contributed by atoms with van der Waals surface area (Å²) in [6.45, 7) is 2.11. The molecule has 1 unspecified atom stereocenters. The van der Waals surface area contributed by atoms with Crippen molar-refractivity contribution in [2.75, 3.05) is 37.0 Å². The molecule has 3 amide bonds. The maximum Gasteiger partial charge on any atom is 0.414 e. The molecule has 2 aliphatic rings. The highest BCUT2D eigenvalue weighted by molar-refractivity contribution is 6.00. The maximum absolute atomic E-state index is 12.1. The fraction of sp³-hybridized carbons (Fsp3) is 0.438. The molecule has 2 aliphatic heterocycles. The second-order valence-corrected chi connectivity index (χ2v) is 5.80. The highest BCUT2D eigenvalue weighted by Gasteiger charge is 2.34. The van der Waals surface area contributed by atoms with Gasteiger partial charge in [-0.2, -0.15) is 0 Å². The van der Waals surface area contributed by atoms with Crippen molar-refractivity contribution >= 4 is 29.5 Å². The van der Waals surface area contributed by atoms with Crippen molar-refractivity contribution in [2.24, 2.45) is 0 Å². The zero-order chi connectivity index (χ0) is 18.1. The molecule has 0 bridgehead atoms. The van der Waals surface area contributed by atoms with Crippen molar-refractivity contribution < 1.29 is 28.6 Å². The third kappa shape index (κ3) is 3.17. The quantitative estimate of drug-likeness (QED) is 0.878. The molecule has 2 heterocycles. The molecule has 1 N–H and O–H groups in total. The summed E-state index contributed by atoms with van der Waals surface area (Å²) in [5.74, 6) is 0.394. The molecule has 0 aromatic heterocycles. The Balaban J connectivity index is 1.74. The van der Waals surface area contributed by atoms with Crippen molar-refractivity contribution in [3.63, 3.8) is 0 Å². The largest absolute Gasteiger partial charge is 0.479 e. The molecule has 1 aromatic carbocycles. The number of likely N-dealkylation sites (N-methyl/N-ethyl adjacent to an activating group) is 1. The number of methoxy groups -OCH3 is 1. The third-order valence-corrected chi connectivity index (χ3v) is 4.13. The zero-order valence-corrected chi connectivity index (χ0v) is 14.1. The fourth-order valence-corrected chi connectivity index (χ4v) is 2.78. The number of anilines is 2. The van der Waals surface area contributed by atoms with Gasteiger partial charge in [-0.15, -0.1) is 0 Å². The minimum absolute atomic E-state index is 0.130. The summed E-state index contributed by atoms with van der Waals surface area (Å²) in [5, 5.41) is 2.50.